The third-order valence-electron chi connectivity index (χ3n) is 9.39. The number of aliphatic carboxylic acids is 1. The second-order valence-corrected chi connectivity index (χ2v) is 16.7. The number of allylic oxidation sites excluding steroid dienone is 4. The van der Waals surface area contributed by atoms with Gasteiger partial charge in [0.05, 0.1) is 21.6 Å². The van der Waals surface area contributed by atoms with Gasteiger partial charge in [-0.1, -0.05) is 45.4 Å². The third kappa shape index (κ3) is 8.39. The normalized spacial score (nSPS) is 17.6. The number of carbonyl (C=O) groups is 2. The molecule has 0 unspecified atom stereocenters. The lowest BCUT2D eigenvalue weighted by molar-refractivity contribution is -0.437. The molecule has 49 heavy (non-hydrogen) atoms. The number of carbonyl (C=O) groups excluding carboxylic acids is 1. The van der Waals surface area contributed by atoms with Gasteiger partial charge in [0.25, 0.3) is 20.2 Å². The number of nitrogens with zero attached hydrogens (tertiary/aromatic N) is 2. The van der Waals surface area contributed by atoms with Crippen molar-refractivity contribution in [1.82, 2.24) is 0 Å². The number of ketones is 1. The van der Waals surface area contributed by atoms with E-state index in [9.17, 15) is 35.5 Å². The van der Waals surface area contributed by atoms with Crippen LogP contribution < -0.4 is 4.90 Å². The number of rotatable bonds is 16. The lowest BCUT2D eigenvalue weighted by Crippen LogP contribution is -2.29. The zero-order chi connectivity index (χ0) is 36.4. The molecule has 3 N–H and O–H groups in total. The maximum absolute atomic E-state index is 13.2. The smallest absolute Gasteiger partial charge is 0.303 e. The summed E-state index contributed by atoms with van der Waals surface area (Å²) < 4.78 is 68.4. The van der Waals surface area contributed by atoms with Gasteiger partial charge in [-0.05, 0) is 62.9 Å². The van der Waals surface area contributed by atoms with Crippen LogP contribution in [0.4, 0.5) is 11.4 Å². The monoisotopic (exact) mass is 715 g/mol. The summed E-state index contributed by atoms with van der Waals surface area (Å²) in [7, 11) is -8.61. The molecule has 2 aromatic carbocycles. The highest BCUT2D eigenvalue weighted by Gasteiger charge is 2.47. The topological polar surface area (TPSA) is 169 Å². The van der Waals surface area contributed by atoms with Crippen molar-refractivity contribution in [2.24, 2.45) is 0 Å². The molecular formula is C36H47N2O9S2+. The van der Waals surface area contributed by atoms with Crippen molar-refractivity contribution in [1.29, 1.82) is 0 Å². The van der Waals surface area contributed by atoms with Crippen LogP contribution in [-0.4, -0.2) is 71.9 Å². The molecule has 0 spiro atoms. The molecule has 0 saturated carbocycles. The summed E-state index contributed by atoms with van der Waals surface area (Å²) in [6.45, 7) is 10.8. The molecule has 2 heterocycles. The maximum Gasteiger partial charge on any atom is 0.303 e. The first-order chi connectivity index (χ1) is 22.8. The fourth-order valence-electron chi connectivity index (χ4n) is 7.06. The average molecular weight is 716 g/mol. The molecule has 266 valence electrons. The Morgan fingerprint density at radius 1 is 0.918 bits per heavy atom. The fourth-order valence-corrected chi connectivity index (χ4v) is 8.07. The first-order valence-corrected chi connectivity index (χ1v) is 19.6. The highest BCUT2D eigenvalue weighted by Crippen LogP contribution is 2.49. The van der Waals surface area contributed by atoms with E-state index >= 15 is 0 Å². The number of anilines is 1. The van der Waals surface area contributed by atoms with Crippen molar-refractivity contribution < 1.29 is 45.2 Å². The quantitative estimate of drug-likeness (QED) is 0.0760. The molecule has 0 bridgehead atoms. The Labute approximate surface area is 289 Å². The molecule has 0 aromatic heterocycles. The van der Waals surface area contributed by atoms with Gasteiger partial charge in [0.15, 0.2) is 11.5 Å². The number of fused-ring (bicyclic) bond motifs is 2. The maximum atomic E-state index is 13.2. The molecule has 2 aromatic rings. The summed E-state index contributed by atoms with van der Waals surface area (Å²) in [6.07, 6.45) is 9.05. The third-order valence-corrected chi connectivity index (χ3v) is 11.0. The molecular weight excluding hydrogens is 669 g/mol. The molecule has 0 radical (unpaired) electrons. The second kappa shape index (κ2) is 14.7. The average Bonchev–Trinajstić information content (AvgIpc) is 3.34. The summed E-state index contributed by atoms with van der Waals surface area (Å²) >= 11 is 0. The minimum absolute atomic E-state index is 0.0337. The van der Waals surface area contributed by atoms with E-state index in [0.717, 1.165) is 33.9 Å². The Morgan fingerprint density at radius 2 is 1.63 bits per heavy atom. The Morgan fingerprint density at radius 3 is 2.27 bits per heavy atom. The minimum Gasteiger partial charge on any atom is -0.481 e. The highest BCUT2D eigenvalue weighted by atomic mass is 32.2. The predicted molar refractivity (Wildman–Crippen MR) is 189 cm³/mol. The lowest BCUT2D eigenvalue weighted by Gasteiger charge is -2.27. The van der Waals surface area contributed by atoms with Gasteiger partial charge in [-0.15, -0.1) is 0 Å². The van der Waals surface area contributed by atoms with Crippen LogP contribution >= 0.6 is 0 Å². The molecule has 0 amide bonds. The van der Waals surface area contributed by atoms with Crippen LogP contribution in [0.3, 0.4) is 0 Å². The van der Waals surface area contributed by atoms with Gasteiger partial charge < -0.3 is 10.0 Å². The van der Waals surface area contributed by atoms with Gasteiger partial charge in [-0.25, -0.2) is 0 Å². The van der Waals surface area contributed by atoms with Crippen molar-refractivity contribution in [3.63, 3.8) is 0 Å². The minimum atomic E-state index is -4.44. The van der Waals surface area contributed by atoms with Crippen LogP contribution in [0.5, 0.6) is 0 Å². The Bertz CT molecular complexity index is 1940. The molecule has 13 heteroatoms. The van der Waals surface area contributed by atoms with E-state index < -0.39 is 42.8 Å². The van der Waals surface area contributed by atoms with Gasteiger partial charge in [-0.2, -0.15) is 21.4 Å². The van der Waals surface area contributed by atoms with Crippen molar-refractivity contribution in [3.8, 4) is 0 Å². The van der Waals surface area contributed by atoms with Gasteiger partial charge in [-0.3, -0.25) is 18.7 Å². The molecule has 2 aliphatic heterocycles. The van der Waals surface area contributed by atoms with Gasteiger partial charge in [0.1, 0.15) is 6.54 Å². The number of unbranched alkanes of at least 4 members (excludes halogenated alkanes) is 2. The van der Waals surface area contributed by atoms with Crippen LogP contribution in [0.15, 0.2) is 65.2 Å². The zero-order valence-electron chi connectivity index (χ0n) is 28.8. The van der Waals surface area contributed by atoms with Crippen LogP contribution in [0.2, 0.25) is 0 Å². The Hall–Kier alpha value is -3.65. The Kier molecular flexibility index (Phi) is 11.4. The zero-order valence-corrected chi connectivity index (χ0v) is 30.4. The molecule has 4 rings (SSSR count). The molecule has 0 atom stereocenters. The van der Waals surface area contributed by atoms with Crippen LogP contribution in [0.1, 0.15) is 101 Å². The van der Waals surface area contributed by atoms with Gasteiger partial charge in [0.2, 0.25) is 5.69 Å². The summed E-state index contributed by atoms with van der Waals surface area (Å²) in [4.78, 5) is 26.2. The SMILES string of the molecule is CCCC(=O)c1cccc2c1C(C)(C)C(/C=C/C=C1/N(CCCCCC(=O)O)c3ccc(S(=O)(=O)O)cc3C1(C)C)=[N+]2CCCS(=O)(=O)O. The molecule has 2 aliphatic rings. The van der Waals surface area contributed by atoms with Gasteiger partial charge in [0, 0.05) is 60.3 Å². The molecule has 0 saturated heterocycles. The summed E-state index contributed by atoms with van der Waals surface area (Å²) in [5, 5.41) is 9.05. The number of carboxylic acid groups (broad SMARTS) is 1. The van der Waals surface area contributed by atoms with Crippen LogP contribution in [0, 0.1) is 0 Å². The molecule has 0 aliphatic carbocycles. The van der Waals surface area contributed by atoms with E-state index in [1.165, 1.54) is 12.1 Å². The van der Waals surface area contributed by atoms with E-state index in [0.29, 0.717) is 44.2 Å². The number of benzene rings is 2. The van der Waals surface area contributed by atoms with Gasteiger partial charge >= 0.3 is 5.97 Å². The number of hydrogen-bond donors (Lipinski definition) is 3. The van der Waals surface area contributed by atoms with Crippen molar-refractivity contribution in [2.45, 2.75) is 95.3 Å². The Balaban J connectivity index is 1.79. The van der Waals surface area contributed by atoms with Crippen molar-refractivity contribution in [2.75, 3.05) is 23.7 Å². The molecule has 11 nitrogen and oxygen atoms in total. The number of Topliss-reactive ketones (excluding diaryl/α,β-unsaturated/α-hetero) is 1. The van der Waals surface area contributed by atoms with E-state index in [-0.39, 0.29) is 30.1 Å². The first-order valence-electron chi connectivity index (χ1n) is 16.6. The number of hydrogen-bond acceptors (Lipinski definition) is 7. The van der Waals surface area contributed by atoms with E-state index in [4.69, 9.17) is 5.11 Å². The predicted octanol–water partition coefficient (Wildman–Crippen LogP) is 6.45. The fraction of sp³-hybridized carbons (Fsp3) is 0.472. The van der Waals surface area contributed by atoms with Crippen LogP contribution in [-0.2, 0) is 35.9 Å². The summed E-state index contributed by atoms with van der Waals surface area (Å²) in [6, 6.07) is 10.1. The standard InChI is InChI=1S/C36H46N2O9S2/c1-6-13-30(39)26-14-10-15-29-34(26)36(4,5)32(38(29)22-12-23-48(42,43)44)17-11-16-31-35(2,3)27-24-25(49(45,46)47)19-20-28(27)37(31)21-9-7-8-18-33(40)41/h10-11,14-17,19-20,24H,6-9,12-13,18,21-23H2,1-5H3,(H2-,40,41,42,43,44,45,46,47)/p+1. The van der Waals surface area contributed by atoms with Crippen molar-refractivity contribution in [3.05, 3.63) is 77.0 Å². The lowest BCUT2D eigenvalue weighted by atomic mass is 9.77. The van der Waals surface area contributed by atoms with Crippen molar-refractivity contribution >= 4 is 49.1 Å². The highest BCUT2D eigenvalue weighted by molar-refractivity contribution is 7.86. The van der Waals surface area contributed by atoms with E-state index in [1.807, 2.05) is 75.6 Å². The van der Waals surface area contributed by atoms with E-state index in [1.54, 1.807) is 6.07 Å². The first kappa shape index (κ1) is 38.2. The summed E-state index contributed by atoms with van der Waals surface area (Å²) in [5.41, 5.74) is 4.22. The largest absolute Gasteiger partial charge is 0.481 e. The molecule has 0 fully saturated rings. The second-order valence-electron chi connectivity index (χ2n) is 13.7. The van der Waals surface area contributed by atoms with E-state index in [2.05, 4.69) is 4.90 Å². The summed E-state index contributed by atoms with van der Waals surface area (Å²) in [5.74, 6) is -1.22. The number of carboxylic acids is 1. The van der Waals surface area contributed by atoms with Crippen LogP contribution in [0.25, 0.3) is 0 Å².